The van der Waals surface area contributed by atoms with Gasteiger partial charge in [0.2, 0.25) is 6.54 Å². The van der Waals surface area contributed by atoms with Crippen LogP contribution in [0, 0.1) is 27.6 Å². The molecule has 0 bridgehead atoms. The first-order valence-electron chi connectivity index (χ1n) is 3.26. The monoisotopic (exact) mass is 191 g/mol. The highest BCUT2D eigenvalue weighted by Gasteiger charge is 2.16. The Morgan fingerprint density at radius 2 is 1.85 bits per heavy atom. The van der Waals surface area contributed by atoms with E-state index in [2.05, 4.69) is 0 Å². The molecule has 0 saturated heterocycles. The molecule has 0 aliphatic rings. The maximum absolute atomic E-state index is 12.7. The minimum Gasteiger partial charge on any atom is -0.264 e. The largest absolute Gasteiger partial charge is 0.264 e. The van der Waals surface area contributed by atoms with Gasteiger partial charge in [0, 0.05) is 4.92 Å². The van der Waals surface area contributed by atoms with Crippen LogP contribution in [0.4, 0.5) is 13.2 Å². The SMILES string of the molecule is O=[N+]([O-])Cc1ccc(F)c(F)c1F. The molecule has 0 heterocycles. The van der Waals surface area contributed by atoms with Gasteiger partial charge in [-0.15, -0.1) is 0 Å². The van der Waals surface area contributed by atoms with Crippen molar-refractivity contribution >= 4 is 0 Å². The normalized spacial score (nSPS) is 10.1. The van der Waals surface area contributed by atoms with Crippen LogP contribution in [0.2, 0.25) is 0 Å². The molecular formula is C7H4F3NO2. The molecule has 1 rings (SSSR count). The third kappa shape index (κ3) is 1.95. The molecule has 3 nitrogen and oxygen atoms in total. The third-order valence-corrected chi connectivity index (χ3v) is 1.41. The van der Waals surface area contributed by atoms with E-state index in [1.54, 1.807) is 0 Å². The fourth-order valence-electron chi connectivity index (χ4n) is 0.827. The van der Waals surface area contributed by atoms with Gasteiger partial charge in [-0.1, -0.05) is 0 Å². The van der Waals surface area contributed by atoms with Crippen molar-refractivity contribution < 1.29 is 18.1 Å². The predicted molar refractivity (Wildman–Crippen MR) is 37.0 cm³/mol. The number of halogens is 3. The molecule has 0 aromatic heterocycles. The molecule has 0 spiro atoms. The Balaban J connectivity index is 3.10. The Morgan fingerprint density at radius 1 is 1.23 bits per heavy atom. The summed E-state index contributed by atoms with van der Waals surface area (Å²) in [6.07, 6.45) is 0. The molecule has 6 heteroatoms. The standard InChI is InChI=1S/C7H4F3NO2/c8-5-2-1-4(3-11(12)13)6(9)7(5)10/h1-2H,3H2. The van der Waals surface area contributed by atoms with Crippen molar-refractivity contribution in [2.75, 3.05) is 0 Å². The lowest BCUT2D eigenvalue weighted by Gasteiger charge is -1.99. The Hall–Kier alpha value is -1.59. The first-order valence-corrected chi connectivity index (χ1v) is 3.26. The number of hydrogen-bond acceptors (Lipinski definition) is 2. The van der Waals surface area contributed by atoms with Crippen LogP contribution >= 0.6 is 0 Å². The van der Waals surface area contributed by atoms with Crippen LogP contribution in [0.3, 0.4) is 0 Å². The van der Waals surface area contributed by atoms with Gasteiger partial charge in [0.15, 0.2) is 17.5 Å². The van der Waals surface area contributed by atoms with E-state index in [0.717, 1.165) is 6.07 Å². The number of hydrogen-bond donors (Lipinski definition) is 0. The number of nitrogens with zero attached hydrogens (tertiary/aromatic N) is 1. The second-order valence-electron chi connectivity index (χ2n) is 2.33. The summed E-state index contributed by atoms with van der Waals surface area (Å²) in [7, 11) is 0. The van der Waals surface area contributed by atoms with E-state index in [-0.39, 0.29) is 0 Å². The lowest BCUT2D eigenvalue weighted by Crippen LogP contribution is -2.03. The summed E-state index contributed by atoms with van der Waals surface area (Å²) in [5, 5.41) is 9.94. The second kappa shape index (κ2) is 3.42. The zero-order valence-electron chi connectivity index (χ0n) is 6.26. The minimum absolute atomic E-state index is 0.469. The Labute approximate surface area is 70.9 Å². The summed E-state index contributed by atoms with van der Waals surface area (Å²) in [5.74, 6) is -4.54. The van der Waals surface area contributed by atoms with Crippen molar-refractivity contribution in [3.63, 3.8) is 0 Å². The zero-order valence-corrected chi connectivity index (χ0v) is 6.26. The molecule has 70 valence electrons. The average Bonchev–Trinajstić information content (AvgIpc) is 2.06. The quantitative estimate of drug-likeness (QED) is 0.407. The first kappa shape index (κ1) is 9.50. The topological polar surface area (TPSA) is 43.1 Å². The Kier molecular flexibility index (Phi) is 2.50. The van der Waals surface area contributed by atoms with Crippen molar-refractivity contribution in [3.8, 4) is 0 Å². The van der Waals surface area contributed by atoms with Gasteiger partial charge in [-0.05, 0) is 12.1 Å². The van der Waals surface area contributed by atoms with Crippen LogP contribution in [0.5, 0.6) is 0 Å². The van der Waals surface area contributed by atoms with Crippen LogP contribution in [0.15, 0.2) is 12.1 Å². The highest BCUT2D eigenvalue weighted by Crippen LogP contribution is 2.15. The van der Waals surface area contributed by atoms with Gasteiger partial charge in [-0.2, -0.15) is 0 Å². The first-order chi connectivity index (χ1) is 6.02. The minimum atomic E-state index is -1.68. The van der Waals surface area contributed by atoms with Crippen LogP contribution < -0.4 is 0 Å². The number of nitro groups is 1. The van der Waals surface area contributed by atoms with Crippen molar-refractivity contribution in [2.45, 2.75) is 6.54 Å². The summed E-state index contributed by atoms with van der Waals surface area (Å²) in [6.45, 7) is -0.858. The fourth-order valence-corrected chi connectivity index (χ4v) is 0.827. The molecule has 0 saturated carbocycles. The van der Waals surface area contributed by atoms with E-state index in [9.17, 15) is 23.3 Å². The molecule has 0 radical (unpaired) electrons. The van der Waals surface area contributed by atoms with Crippen molar-refractivity contribution in [1.82, 2.24) is 0 Å². The van der Waals surface area contributed by atoms with Gasteiger partial charge >= 0.3 is 0 Å². The molecule has 0 aliphatic carbocycles. The summed E-state index contributed by atoms with van der Waals surface area (Å²) < 4.78 is 37.5. The van der Waals surface area contributed by atoms with Crippen LogP contribution in [0.1, 0.15) is 5.56 Å². The average molecular weight is 191 g/mol. The van der Waals surface area contributed by atoms with Gasteiger partial charge in [0.05, 0.1) is 5.56 Å². The fraction of sp³-hybridized carbons (Fsp3) is 0.143. The van der Waals surface area contributed by atoms with Gasteiger partial charge in [-0.25, -0.2) is 13.2 Å². The molecule has 1 aromatic carbocycles. The summed E-state index contributed by atoms with van der Waals surface area (Å²) in [6, 6.07) is 1.49. The molecule has 0 fully saturated rings. The third-order valence-electron chi connectivity index (χ3n) is 1.41. The molecular weight excluding hydrogens is 187 g/mol. The van der Waals surface area contributed by atoms with Crippen molar-refractivity contribution in [1.29, 1.82) is 0 Å². The molecule has 0 atom stereocenters. The van der Waals surface area contributed by atoms with Crippen molar-refractivity contribution in [2.24, 2.45) is 0 Å². The highest BCUT2D eigenvalue weighted by molar-refractivity contribution is 5.19. The van der Waals surface area contributed by atoms with Crippen molar-refractivity contribution in [3.05, 3.63) is 45.3 Å². The van der Waals surface area contributed by atoms with E-state index >= 15 is 0 Å². The summed E-state index contributed by atoms with van der Waals surface area (Å²) >= 11 is 0. The summed E-state index contributed by atoms with van der Waals surface area (Å²) in [4.78, 5) is 9.12. The zero-order chi connectivity index (χ0) is 10.0. The van der Waals surface area contributed by atoms with E-state index in [1.807, 2.05) is 0 Å². The molecule has 0 unspecified atom stereocenters. The molecule has 0 N–H and O–H groups in total. The Morgan fingerprint density at radius 3 is 2.38 bits per heavy atom. The molecule has 13 heavy (non-hydrogen) atoms. The van der Waals surface area contributed by atoms with E-state index < -0.39 is 34.5 Å². The maximum atomic E-state index is 12.7. The van der Waals surface area contributed by atoms with Crippen LogP contribution in [-0.2, 0) is 6.54 Å². The molecule has 1 aromatic rings. The molecule has 0 amide bonds. The smallest absolute Gasteiger partial charge is 0.231 e. The van der Waals surface area contributed by atoms with E-state index in [1.165, 1.54) is 0 Å². The molecule has 0 aliphatic heterocycles. The van der Waals surface area contributed by atoms with Gasteiger partial charge in [0.1, 0.15) is 0 Å². The van der Waals surface area contributed by atoms with Crippen LogP contribution in [-0.4, -0.2) is 4.92 Å². The number of rotatable bonds is 2. The van der Waals surface area contributed by atoms with E-state index in [4.69, 9.17) is 0 Å². The number of benzene rings is 1. The van der Waals surface area contributed by atoms with Gasteiger partial charge in [-0.3, -0.25) is 10.1 Å². The van der Waals surface area contributed by atoms with Gasteiger partial charge < -0.3 is 0 Å². The van der Waals surface area contributed by atoms with Gasteiger partial charge in [0.25, 0.3) is 0 Å². The highest BCUT2D eigenvalue weighted by atomic mass is 19.2. The lowest BCUT2D eigenvalue weighted by atomic mass is 10.2. The maximum Gasteiger partial charge on any atom is 0.231 e. The lowest BCUT2D eigenvalue weighted by molar-refractivity contribution is -0.497. The van der Waals surface area contributed by atoms with E-state index in [0.29, 0.717) is 6.07 Å². The predicted octanol–water partition coefficient (Wildman–Crippen LogP) is 1.88. The Bertz CT molecular complexity index is 354. The van der Waals surface area contributed by atoms with Crippen LogP contribution in [0.25, 0.3) is 0 Å². The second-order valence-corrected chi connectivity index (χ2v) is 2.33. The summed E-state index contributed by atoms with van der Waals surface area (Å²) in [5.41, 5.74) is -0.469.